The number of phenolic OH excluding ortho intramolecular Hbond substituents is 1. The second kappa shape index (κ2) is 8.13. The molecule has 1 aliphatic carbocycles. The maximum absolute atomic E-state index is 12.3. The van der Waals surface area contributed by atoms with Gasteiger partial charge in [0.2, 0.25) is 5.43 Å². The van der Waals surface area contributed by atoms with Crippen molar-refractivity contribution in [3.8, 4) is 28.2 Å². The third-order valence-electron chi connectivity index (χ3n) is 5.09. The highest BCUT2D eigenvalue weighted by atomic mass is 35.5. The lowest BCUT2D eigenvalue weighted by Gasteiger charge is -2.16. The summed E-state index contributed by atoms with van der Waals surface area (Å²) in [6.45, 7) is 2.05. The molecule has 2 aromatic rings. The second-order valence-electron chi connectivity index (χ2n) is 7.16. The molecule has 2 aromatic carbocycles. The summed E-state index contributed by atoms with van der Waals surface area (Å²) < 4.78 is 5.85. The fourth-order valence-corrected chi connectivity index (χ4v) is 3.84. The van der Waals surface area contributed by atoms with Crippen molar-refractivity contribution in [2.75, 3.05) is 0 Å². The van der Waals surface area contributed by atoms with E-state index in [-0.39, 0.29) is 27.0 Å². The van der Waals surface area contributed by atoms with Gasteiger partial charge in [0.25, 0.3) is 0 Å². The molecular weight excluding hydrogens is 423 g/mol. The molecule has 0 unspecified atom stereocenters. The van der Waals surface area contributed by atoms with E-state index in [9.17, 15) is 14.7 Å². The minimum Gasteiger partial charge on any atom is -0.506 e. The van der Waals surface area contributed by atoms with Gasteiger partial charge in [-0.25, -0.2) is 0 Å². The first-order chi connectivity index (χ1) is 14.4. The van der Waals surface area contributed by atoms with Crippen LogP contribution in [0.3, 0.4) is 0 Å². The Balaban J connectivity index is 1.96. The van der Waals surface area contributed by atoms with Crippen LogP contribution in [-0.2, 0) is 0 Å². The van der Waals surface area contributed by atoms with Crippen molar-refractivity contribution in [3.05, 3.63) is 74.4 Å². The molecule has 4 nitrogen and oxygen atoms in total. The summed E-state index contributed by atoms with van der Waals surface area (Å²) >= 11 is 12.3. The molecule has 152 valence electrons. The van der Waals surface area contributed by atoms with Crippen molar-refractivity contribution < 1.29 is 14.3 Å². The smallest absolute Gasteiger partial charge is 0.200 e. The average molecular weight is 441 g/mol. The summed E-state index contributed by atoms with van der Waals surface area (Å²) in [7, 11) is 0. The predicted octanol–water partition coefficient (Wildman–Crippen LogP) is 6.95. The quantitative estimate of drug-likeness (QED) is 0.269. The molecule has 30 heavy (non-hydrogen) atoms. The van der Waals surface area contributed by atoms with Crippen LogP contribution in [0.1, 0.15) is 36.5 Å². The summed E-state index contributed by atoms with van der Waals surface area (Å²) in [5, 5.41) is 10.9. The first kappa shape index (κ1) is 20.5. The van der Waals surface area contributed by atoms with Gasteiger partial charge in [0, 0.05) is 40.6 Å². The minimum absolute atomic E-state index is 0.0783. The monoisotopic (exact) mass is 440 g/mol. The number of hydrogen-bond donors (Lipinski definition) is 1. The van der Waals surface area contributed by atoms with Gasteiger partial charge in [-0.15, -0.1) is 0 Å². The fraction of sp³-hybridized carbons (Fsp3) is 0.167. The molecule has 1 aliphatic heterocycles. The fourth-order valence-electron chi connectivity index (χ4n) is 3.52. The molecule has 2 aliphatic rings. The number of rotatable bonds is 5. The van der Waals surface area contributed by atoms with Crippen molar-refractivity contribution in [3.63, 3.8) is 0 Å². The summed E-state index contributed by atoms with van der Waals surface area (Å²) in [6, 6.07) is 13.2. The zero-order valence-corrected chi connectivity index (χ0v) is 17.7. The standard InChI is InChI=1S/C24H18Cl2O4/c1-2-3-4-19(27)13-5-7-14(8-6-13)24-15-9-17(25)20(28)11-22(15)30-23-12-21(29)18(26)10-16(23)24/h5-12,28H,2-4H2,1H3. The zero-order valence-electron chi connectivity index (χ0n) is 16.2. The molecule has 0 atom stereocenters. The number of unbranched alkanes of at least 4 members (excludes halogenated alkanes) is 1. The lowest BCUT2D eigenvalue weighted by atomic mass is 9.92. The Bertz CT molecular complexity index is 1290. The normalized spacial score (nSPS) is 11.3. The topological polar surface area (TPSA) is 67.5 Å². The Labute approximate surface area is 183 Å². The molecule has 4 rings (SSSR count). The maximum Gasteiger partial charge on any atom is 0.200 e. The van der Waals surface area contributed by atoms with Crippen LogP contribution < -0.4 is 5.43 Å². The molecule has 0 amide bonds. The number of carbonyl (C=O) groups is 1. The SMILES string of the molecule is CCCCC(=O)c1ccc(-c2c3cc(Cl)c(=O)cc-3oc3cc(O)c(Cl)cc23)cc1. The first-order valence-electron chi connectivity index (χ1n) is 9.61. The molecule has 0 radical (unpaired) electrons. The van der Waals surface area contributed by atoms with Crippen molar-refractivity contribution in [1.82, 2.24) is 0 Å². The van der Waals surface area contributed by atoms with Crippen molar-refractivity contribution in [1.29, 1.82) is 0 Å². The van der Waals surface area contributed by atoms with E-state index < -0.39 is 0 Å². The van der Waals surface area contributed by atoms with Crippen molar-refractivity contribution in [2.45, 2.75) is 26.2 Å². The number of hydrogen-bond acceptors (Lipinski definition) is 4. The van der Waals surface area contributed by atoms with E-state index in [0.717, 1.165) is 24.0 Å². The number of benzene rings is 3. The highest BCUT2D eigenvalue weighted by Crippen LogP contribution is 2.43. The number of halogens is 2. The van der Waals surface area contributed by atoms with Crippen LogP contribution in [-0.4, -0.2) is 10.9 Å². The second-order valence-corrected chi connectivity index (χ2v) is 7.97. The van der Waals surface area contributed by atoms with Crippen LogP contribution in [0, 0.1) is 0 Å². The molecule has 1 N–H and O–H groups in total. The van der Waals surface area contributed by atoms with E-state index in [1.54, 1.807) is 24.3 Å². The number of phenols is 1. The van der Waals surface area contributed by atoms with Gasteiger partial charge in [0.1, 0.15) is 17.1 Å². The van der Waals surface area contributed by atoms with Crippen LogP contribution in [0.2, 0.25) is 10.0 Å². The van der Waals surface area contributed by atoms with E-state index in [1.165, 1.54) is 12.1 Å². The Hall–Kier alpha value is -2.82. The number of Topliss-reactive ketones (excluding diaryl/α,β-unsaturated/α-hetero) is 1. The maximum atomic E-state index is 12.3. The minimum atomic E-state index is -0.353. The Morgan fingerprint density at radius 3 is 2.47 bits per heavy atom. The van der Waals surface area contributed by atoms with Gasteiger partial charge in [-0.2, -0.15) is 0 Å². The van der Waals surface area contributed by atoms with E-state index in [2.05, 4.69) is 6.92 Å². The van der Waals surface area contributed by atoms with Crippen molar-refractivity contribution >= 4 is 40.0 Å². The molecule has 6 heteroatoms. The average Bonchev–Trinajstić information content (AvgIpc) is 2.73. The number of aromatic hydroxyl groups is 1. The van der Waals surface area contributed by atoms with Crippen LogP contribution in [0.25, 0.3) is 33.4 Å². The van der Waals surface area contributed by atoms with Crippen molar-refractivity contribution in [2.24, 2.45) is 0 Å². The van der Waals surface area contributed by atoms with Gasteiger partial charge in [0.05, 0.1) is 10.0 Å². The Kier molecular flexibility index (Phi) is 5.54. The highest BCUT2D eigenvalue weighted by Gasteiger charge is 2.20. The van der Waals surface area contributed by atoms with E-state index in [4.69, 9.17) is 27.6 Å². The highest BCUT2D eigenvalue weighted by molar-refractivity contribution is 6.33. The molecule has 0 spiro atoms. The molecular formula is C24H18Cl2O4. The van der Waals surface area contributed by atoms with Crippen LogP contribution >= 0.6 is 23.2 Å². The molecule has 0 saturated heterocycles. The van der Waals surface area contributed by atoms with Gasteiger partial charge in [-0.3, -0.25) is 9.59 Å². The molecule has 0 saturated carbocycles. The lowest BCUT2D eigenvalue weighted by Crippen LogP contribution is -2.03. The van der Waals surface area contributed by atoms with E-state index >= 15 is 0 Å². The van der Waals surface area contributed by atoms with Crippen LogP contribution in [0.4, 0.5) is 0 Å². The van der Waals surface area contributed by atoms with Gasteiger partial charge in [-0.05, 0) is 24.1 Å². The van der Waals surface area contributed by atoms with E-state index in [0.29, 0.717) is 34.3 Å². The lowest BCUT2D eigenvalue weighted by molar-refractivity contribution is 0.0980. The summed E-state index contributed by atoms with van der Waals surface area (Å²) in [5.74, 6) is 0.330. The van der Waals surface area contributed by atoms with E-state index in [1.807, 2.05) is 12.1 Å². The van der Waals surface area contributed by atoms with Crippen LogP contribution in [0.15, 0.2) is 57.7 Å². The van der Waals surface area contributed by atoms with Gasteiger partial charge >= 0.3 is 0 Å². The van der Waals surface area contributed by atoms with Gasteiger partial charge < -0.3 is 9.52 Å². The third kappa shape index (κ3) is 3.69. The molecule has 0 fully saturated rings. The molecule has 0 aromatic heterocycles. The first-order valence-corrected chi connectivity index (χ1v) is 10.4. The van der Waals surface area contributed by atoms with Gasteiger partial charge in [0.15, 0.2) is 5.78 Å². The number of fused-ring (bicyclic) bond motifs is 2. The largest absolute Gasteiger partial charge is 0.506 e. The summed E-state index contributed by atoms with van der Waals surface area (Å²) in [4.78, 5) is 24.4. The predicted molar refractivity (Wildman–Crippen MR) is 120 cm³/mol. The van der Waals surface area contributed by atoms with Crippen LogP contribution in [0.5, 0.6) is 5.75 Å². The molecule has 1 heterocycles. The third-order valence-corrected chi connectivity index (χ3v) is 5.69. The Morgan fingerprint density at radius 1 is 1.03 bits per heavy atom. The molecule has 0 bridgehead atoms. The summed E-state index contributed by atoms with van der Waals surface area (Å²) in [5.41, 5.74) is 2.88. The summed E-state index contributed by atoms with van der Waals surface area (Å²) in [6.07, 6.45) is 2.34. The zero-order chi connectivity index (χ0) is 21.4. The Morgan fingerprint density at radius 2 is 1.77 bits per heavy atom. The number of carbonyl (C=O) groups excluding carboxylic acids is 1. The van der Waals surface area contributed by atoms with Gasteiger partial charge in [-0.1, -0.05) is 60.8 Å². The number of ketones is 1.